The fourth-order valence-corrected chi connectivity index (χ4v) is 2.42. The maximum atomic E-state index is 6.10. The van der Waals surface area contributed by atoms with E-state index in [1.165, 1.54) is 0 Å². The Bertz CT molecular complexity index is 529. The molecule has 0 saturated carbocycles. The van der Waals surface area contributed by atoms with Crippen LogP contribution in [0.25, 0.3) is 0 Å². The lowest BCUT2D eigenvalue weighted by atomic mass is 10.2. The predicted octanol–water partition coefficient (Wildman–Crippen LogP) is 5.48. The van der Waals surface area contributed by atoms with Gasteiger partial charge in [-0.3, -0.25) is 0 Å². The van der Waals surface area contributed by atoms with Crippen LogP contribution in [-0.2, 0) is 6.54 Å². The Labute approximate surface area is 122 Å². The van der Waals surface area contributed by atoms with Crippen molar-refractivity contribution in [3.8, 4) is 0 Å². The van der Waals surface area contributed by atoms with Crippen molar-refractivity contribution in [3.63, 3.8) is 0 Å². The molecule has 0 aliphatic carbocycles. The zero-order chi connectivity index (χ0) is 12.3. The van der Waals surface area contributed by atoms with Crippen LogP contribution in [0, 0.1) is 0 Å². The van der Waals surface area contributed by atoms with Crippen LogP contribution in [0.5, 0.6) is 0 Å². The van der Waals surface area contributed by atoms with E-state index in [1.54, 1.807) is 0 Å². The van der Waals surface area contributed by atoms with Crippen LogP contribution in [0.2, 0.25) is 5.02 Å². The van der Waals surface area contributed by atoms with E-state index in [4.69, 9.17) is 11.6 Å². The highest BCUT2D eigenvalue weighted by molar-refractivity contribution is 9.11. The van der Waals surface area contributed by atoms with Crippen molar-refractivity contribution in [2.75, 3.05) is 5.32 Å². The zero-order valence-electron chi connectivity index (χ0n) is 8.88. The van der Waals surface area contributed by atoms with Crippen molar-refractivity contribution in [2.45, 2.75) is 6.54 Å². The van der Waals surface area contributed by atoms with E-state index >= 15 is 0 Å². The van der Waals surface area contributed by atoms with Gasteiger partial charge in [-0.2, -0.15) is 0 Å². The molecule has 0 unspecified atom stereocenters. The largest absolute Gasteiger partial charge is 0.380 e. The number of hydrogen-bond acceptors (Lipinski definition) is 1. The maximum absolute atomic E-state index is 6.10. The van der Waals surface area contributed by atoms with Gasteiger partial charge in [-0.05, 0) is 45.8 Å². The normalized spacial score (nSPS) is 10.3. The SMILES string of the molecule is Clc1ccccc1CNc1cc(Br)ccc1Br. The molecule has 0 aliphatic rings. The molecule has 2 aromatic carbocycles. The fourth-order valence-electron chi connectivity index (χ4n) is 1.47. The summed E-state index contributed by atoms with van der Waals surface area (Å²) < 4.78 is 2.08. The number of benzene rings is 2. The molecule has 1 N–H and O–H groups in total. The molecule has 88 valence electrons. The highest BCUT2D eigenvalue weighted by Crippen LogP contribution is 2.27. The van der Waals surface area contributed by atoms with Crippen LogP contribution in [0.3, 0.4) is 0 Å². The van der Waals surface area contributed by atoms with Crippen LogP contribution < -0.4 is 5.32 Å². The molecule has 0 amide bonds. The number of nitrogens with one attached hydrogen (secondary N) is 1. The summed E-state index contributed by atoms with van der Waals surface area (Å²) in [6.45, 7) is 0.703. The quantitative estimate of drug-likeness (QED) is 0.749. The average molecular weight is 375 g/mol. The van der Waals surface area contributed by atoms with Gasteiger partial charge in [0.05, 0.1) is 0 Å². The van der Waals surface area contributed by atoms with Gasteiger partial charge in [0.15, 0.2) is 0 Å². The van der Waals surface area contributed by atoms with E-state index in [1.807, 2.05) is 42.5 Å². The second kappa shape index (κ2) is 5.89. The van der Waals surface area contributed by atoms with Crippen molar-refractivity contribution in [2.24, 2.45) is 0 Å². The van der Waals surface area contributed by atoms with Gasteiger partial charge in [0.25, 0.3) is 0 Å². The minimum Gasteiger partial charge on any atom is -0.380 e. The first-order valence-electron chi connectivity index (χ1n) is 5.09. The Morgan fingerprint density at radius 2 is 1.82 bits per heavy atom. The zero-order valence-corrected chi connectivity index (χ0v) is 12.8. The van der Waals surface area contributed by atoms with Gasteiger partial charge in [-0.1, -0.05) is 45.7 Å². The molecule has 0 aromatic heterocycles. The Balaban J connectivity index is 2.12. The first-order valence-corrected chi connectivity index (χ1v) is 7.05. The van der Waals surface area contributed by atoms with Gasteiger partial charge >= 0.3 is 0 Å². The number of hydrogen-bond donors (Lipinski definition) is 1. The van der Waals surface area contributed by atoms with E-state index in [2.05, 4.69) is 37.2 Å². The monoisotopic (exact) mass is 373 g/mol. The Hall–Kier alpha value is -0.510. The van der Waals surface area contributed by atoms with Gasteiger partial charge in [0.1, 0.15) is 0 Å². The standard InChI is InChI=1S/C13H10Br2ClN/c14-10-5-6-11(15)13(7-10)17-8-9-3-1-2-4-12(9)16/h1-7,17H,8H2. The van der Waals surface area contributed by atoms with E-state index < -0.39 is 0 Å². The van der Waals surface area contributed by atoms with Gasteiger partial charge in [-0.25, -0.2) is 0 Å². The van der Waals surface area contributed by atoms with Crippen molar-refractivity contribution in [3.05, 3.63) is 62.0 Å². The fraction of sp³-hybridized carbons (Fsp3) is 0.0769. The van der Waals surface area contributed by atoms with Crippen molar-refractivity contribution < 1.29 is 0 Å². The first kappa shape index (κ1) is 12.9. The number of halogens is 3. The third kappa shape index (κ3) is 3.47. The molecule has 2 aromatic rings. The molecule has 4 heteroatoms. The van der Waals surface area contributed by atoms with Crippen LogP contribution in [0.1, 0.15) is 5.56 Å². The van der Waals surface area contributed by atoms with Crippen molar-refractivity contribution in [1.29, 1.82) is 0 Å². The Morgan fingerprint density at radius 3 is 2.59 bits per heavy atom. The smallest absolute Gasteiger partial charge is 0.0498 e. The predicted molar refractivity (Wildman–Crippen MR) is 80.6 cm³/mol. The van der Waals surface area contributed by atoms with Crippen LogP contribution in [-0.4, -0.2) is 0 Å². The van der Waals surface area contributed by atoms with Gasteiger partial charge in [0.2, 0.25) is 0 Å². The van der Waals surface area contributed by atoms with Gasteiger partial charge in [0, 0.05) is 26.2 Å². The molecule has 0 heterocycles. The molecule has 1 nitrogen and oxygen atoms in total. The summed E-state index contributed by atoms with van der Waals surface area (Å²) in [5, 5.41) is 4.13. The molecule has 0 bridgehead atoms. The average Bonchev–Trinajstić information content (AvgIpc) is 2.32. The molecular formula is C13H10Br2ClN. The third-order valence-corrected chi connectivity index (χ3v) is 3.91. The topological polar surface area (TPSA) is 12.0 Å². The van der Waals surface area contributed by atoms with E-state index in [0.29, 0.717) is 6.54 Å². The molecule has 0 fully saturated rings. The minimum atomic E-state index is 0.703. The highest BCUT2D eigenvalue weighted by atomic mass is 79.9. The van der Waals surface area contributed by atoms with Crippen LogP contribution >= 0.6 is 43.5 Å². The van der Waals surface area contributed by atoms with Gasteiger partial charge < -0.3 is 5.32 Å². The van der Waals surface area contributed by atoms with Crippen molar-refractivity contribution in [1.82, 2.24) is 0 Å². The van der Waals surface area contributed by atoms with E-state index in [9.17, 15) is 0 Å². The summed E-state index contributed by atoms with van der Waals surface area (Å²) in [4.78, 5) is 0. The van der Waals surface area contributed by atoms with E-state index in [0.717, 1.165) is 25.2 Å². The molecule has 17 heavy (non-hydrogen) atoms. The summed E-state index contributed by atoms with van der Waals surface area (Å²) in [5.74, 6) is 0. The van der Waals surface area contributed by atoms with Crippen molar-refractivity contribution >= 4 is 49.1 Å². The Morgan fingerprint density at radius 1 is 1.06 bits per heavy atom. The molecule has 0 atom stereocenters. The first-order chi connectivity index (χ1) is 8.16. The lowest BCUT2D eigenvalue weighted by molar-refractivity contribution is 1.14. The van der Waals surface area contributed by atoms with Crippen LogP contribution in [0.15, 0.2) is 51.4 Å². The van der Waals surface area contributed by atoms with Crippen LogP contribution in [0.4, 0.5) is 5.69 Å². The summed E-state index contributed by atoms with van der Waals surface area (Å²) >= 11 is 13.1. The molecule has 0 radical (unpaired) electrons. The molecule has 2 rings (SSSR count). The molecule has 0 saturated heterocycles. The molecule has 0 spiro atoms. The maximum Gasteiger partial charge on any atom is 0.0498 e. The summed E-state index contributed by atoms with van der Waals surface area (Å²) in [6.07, 6.45) is 0. The second-order valence-electron chi connectivity index (χ2n) is 3.57. The lowest BCUT2D eigenvalue weighted by Crippen LogP contribution is -2.00. The number of anilines is 1. The van der Waals surface area contributed by atoms with Gasteiger partial charge in [-0.15, -0.1) is 0 Å². The second-order valence-corrected chi connectivity index (χ2v) is 5.75. The Kier molecular flexibility index (Phi) is 4.48. The summed E-state index contributed by atoms with van der Waals surface area (Å²) in [6, 6.07) is 13.8. The minimum absolute atomic E-state index is 0.703. The summed E-state index contributed by atoms with van der Waals surface area (Å²) in [7, 11) is 0. The highest BCUT2D eigenvalue weighted by Gasteiger charge is 2.02. The lowest BCUT2D eigenvalue weighted by Gasteiger charge is -2.10. The number of rotatable bonds is 3. The third-order valence-electron chi connectivity index (χ3n) is 2.36. The molecule has 0 aliphatic heterocycles. The molecular weight excluding hydrogens is 365 g/mol. The summed E-state index contributed by atoms with van der Waals surface area (Å²) in [5.41, 5.74) is 2.13. The van der Waals surface area contributed by atoms with E-state index in [-0.39, 0.29) is 0 Å².